The number of rotatable bonds is 6. The van der Waals surface area contributed by atoms with Gasteiger partial charge in [0.1, 0.15) is 0 Å². The molecule has 0 heterocycles. The molecule has 7 heteroatoms. The molecule has 0 aromatic heterocycles. The third kappa shape index (κ3) is 4.88. The summed E-state index contributed by atoms with van der Waals surface area (Å²) < 4.78 is 10.2. The van der Waals surface area contributed by atoms with Gasteiger partial charge in [-0.3, -0.25) is 0 Å². The Morgan fingerprint density at radius 2 is 1.09 bits per heavy atom. The monoisotopic (exact) mass is 420 g/mol. The summed E-state index contributed by atoms with van der Waals surface area (Å²) in [6, 6.07) is 13.7. The summed E-state index contributed by atoms with van der Waals surface area (Å²) in [4.78, 5) is 23.7. The number of hydrogen-bond acceptors (Lipinski definition) is 6. The molecule has 6 nitrogen and oxygen atoms in total. The third-order valence-electron chi connectivity index (χ3n) is 3.09. The van der Waals surface area contributed by atoms with Crippen LogP contribution < -0.4 is 10.6 Å². The van der Waals surface area contributed by atoms with Gasteiger partial charge in [-0.1, -0.05) is 0 Å². The van der Waals surface area contributed by atoms with E-state index in [-0.39, 0.29) is 0 Å². The fraction of sp³-hybridized carbons (Fsp3) is 0.125. The molecule has 0 unspecified atom stereocenters. The van der Waals surface area contributed by atoms with E-state index < -0.39 is 33.9 Å². The van der Waals surface area contributed by atoms with Crippen molar-refractivity contribution in [2.45, 2.75) is 0 Å². The van der Waals surface area contributed by atoms with Gasteiger partial charge in [-0.15, -0.1) is 0 Å². The van der Waals surface area contributed by atoms with Crippen molar-refractivity contribution in [1.82, 2.24) is 0 Å². The average Bonchev–Trinajstić information content (AvgIpc) is 2.61. The number of benzene rings is 2. The Balaban J connectivity index is 1.83. The topological polar surface area (TPSA) is 76.7 Å². The number of nitrogens with one attached hydrogen (secondary N) is 2. The number of anilines is 2. The molecular weight excluding hydrogens is 403 g/mol. The molecule has 0 saturated carbocycles. The minimum absolute atomic E-state index is 0.430. The summed E-state index contributed by atoms with van der Waals surface area (Å²) in [6.45, 7) is 0. The van der Waals surface area contributed by atoms with E-state index in [4.69, 9.17) is 6.15 Å². The molecule has 0 spiro atoms. The molecule has 2 rings (SSSR count). The van der Waals surface area contributed by atoms with Crippen LogP contribution in [-0.2, 0) is 6.15 Å². The Hall–Kier alpha value is -2.22. The van der Waals surface area contributed by atoms with Gasteiger partial charge in [0.15, 0.2) is 0 Å². The van der Waals surface area contributed by atoms with Crippen LogP contribution in [0.1, 0.15) is 20.7 Å². The number of hydrogen-bond donors (Lipinski definition) is 2. The summed E-state index contributed by atoms with van der Waals surface area (Å²) in [5.74, 6) is -0.949. The van der Waals surface area contributed by atoms with Crippen LogP contribution in [-0.4, -0.2) is 48.0 Å². The van der Waals surface area contributed by atoms with E-state index in [0.717, 1.165) is 11.4 Å². The maximum atomic E-state index is 11.8. The van der Waals surface area contributed by atoms with E-state index in [1.165, 1.54) is 0 Å². The quantitative estimate of drug-likeness (QED) is 0.701. The van der Waals surface area contributed by atoms with E-state index in [1.54, 1.807) is 62.6 Å². The number of carbonyl (C=O) groups excluding carboxylic acids is 2. The molecule has 0 aliphatic carbocycles. The van der Waals surface area contributed by atoms with E-state index in [1.807, 2.05) is 0 Å². The second kappa shape index (κ2) is 8.42. The molecule has 23 heavy (non-hydrogen) atoms. The van der Waals surface area contributed by atoms with Gasteiger partial charge in [-0.25, -0.2) is 0 Å². The standard InChI is InChI=1S/2C8H9NO2.Sn/c2*1-9-7-4-2-6(3-5-7)8(10)11;/h2*2-5,9H,1H3,(H,10,11);/q;;+2/p-2. The van der Waals surface area contributed by atoms with Crippen molar-refractivity contribution in [3.05, 3.63) is 59.7 Å². The van der Waals surface area contributed by atoms with Gasteiger partial charge in [0.25, 0.3) is 0 Å². The molecule has 0 aliphatic heterocycles. The zero-order valence-electron chi connectivity index (χ0n) is 12.8. The molecule has 2 aromatic carbocycles. The molecule has 0 saturated heterocycles. The Morgan fingerprint density at radius 3 is 1.39 bits per heavy atom. The van der Waals surface area contributed by atoms with Crippen molar-refractivity contribution in [2.24, 2.45) is 0 Å². The van der Waals surface area contributed by atoms with Crippen LogP contribution >= 0.6 is 0 Å². The second-order valence-corrected chi connectivity index (χ2v) is 6.16. The summed E-state index contributed by atoms with van der Waals surface area (Å²) in [6.07, 6.45) is 0. The molecule has 0 bridgehead atoms. The second-order valence-electron chi connectivity index (χ2n) is 4.52. The maximum absolute atomic E-state index is 11.8. The first-order chi connectivity index (χ1) is 11.1. The van der Waals surface area contributed by atoms with Crippen LogP contribution in [0.2, 0.25) is 0 Å². The molecule has 118 valence electrons. The molecule has 2 radical (unpaired) electrons. The van der Waals surface area contributed by atoms with Crippen molar-refractivity contribution in [1.29, 1.82) is 0 Å². The first-order valence-corrected chi connectivity index (χ1v) is 9.20. The Bertz CT molecular complexity index is 612. The van der Waals surface area contributed by atoms with E-state index >= 15 is 0 Å². The van der Waals surface area contributed by atoms with Gasteiger partial charge in [0, 0.05) is 0 Å². The van der Waals surface area contributed by atoms with Crippen LogP contribution in [0.4, 0.5) is 11.4 Å². The van der Waals surface area contributed by atoms with Crippen LogP contribution in [0.3, 0.4) is 0 Å². The minimum atomic E-state index is -2.02. The Morgan fingerprint density at radius 1 is 0.739 bits per heavy atom. The Labute approximate surface area is 145 Å². The summed E-state index contributed by atoms with van der Waals surface area (Å²) in [5, 5.41) is 5.92. The summed E-state index contributed by atoms with van der Waals surface area (Å²) in [5.41, 5.74) is 2.66. The predicted octanol–water partition coefficient (Wildman–Crippen LogP) is 2.32. The third-order valence-corrected chi connectivity index (χ3v) is 4.62. The molecule has 0 atom stereocenters. The van der Waals surface area contributed by atoms with Crippen LogP contribution in [0, 0.1) is 0 Å². The van der Waals surface area contributed by atoms with Crippen LogP contribution in [0.15, 0.2) is 48.5 Å². The van der Waals surface area contributed by atoms with Crippen molar-refractivity contribution in [3.8, 4) is 0 Å². The van der Waals surface area contributed by atoms with Gasteiger partial charge >= 0.3 is 145 Å². The first-order valence-electron chi connectivity index (χ1n) is 6.87. The SMILES string of the molecule is CNc1ccc(C(=O)[O][Sn][O]C(=O)c2ccc(NC)cc2)cc1. The molecule has 0 fully saturated rings. The van der Waals surface area contributed by atoms with E-state index in [2.05, 4.69) is 10.6 Å². The normalized spacial score (nSPS) is 9.83. The zero-order valence-corrected chi connectivity index (χ0v) is 15.6. The molecular formula is C16H16N2O4Sn. The molecule has 2 N–H and O–H groups in total. The van der Waals surface area contributed by atoms with Gasteiger partial charge in [0.05, 0.1) is 0 Å². The van der Waals surface area contributed by atoms with Crippen LogP contribution in [0.5, 0.6) is 0 Å². The zero-order chi connectivity index (χ0) is 16.7. The van der Waals surface area contributed by atoms with Gasteiger partial charge in [-0.05, 0) is 0 Å². The molecule has 2 aromatic rings. The van der Waals surface area contributed by atoms with Crippen molar-refractivity contribution >= 4 is 45.3 Å². The van der Waals surface area contributed by atoms with E-state index in [0.29, 0.717) is 11.1 Å². The van der Waals surface area contributed by atoms with Gasteiger partial charge in [0.2, 0.25) is 0 Å². The molecule has 0 aliphatic rings. The average molecular weight is 419 g/mol. The predicted molar refractivity (Wildman–Crippen MR) is 88.6 cm³/mol. The van der Waals surface area contributed by atoms with Crippen LogP contribution in [0.25, 0.3) is 0 Å². The number of carbonyl (C=O) groups is 2. The van der Waals surface area contributed by atoms with Crippen molar-refractivity contribution in [3.63, 3.8) is 0 Å². The van der Waals surface area contributed by atoms with Gasteiger partial charge in [-0.2, -0.15) is 0 Å². The first kappa shape index (κ1) is 17.1. The molecule has 0 amide bonds. The fourth-order valence-electron chi connectivity index (χ4n) is 1.76. The summed E-state index contributed by atoms with van der Waals surface area (Å²) in [7, 11) is 3.59. The van der Waals surface area contributed by atoms with Gasteiger partial charge < -0.3 is 0 Å². The van der Waals surface area contributed by atoms with E-state index in [9.17, 15) is 9.59 Å². The fourth-order valence-corrected chi connectivity index (χ4v) is 2.98. The Kier molecular flexibility index (Phi) is 6.27. The van der Waals surface area contributed by atoms with Crippen molar-refractivity contribution in [2.75, 3.05) is 24.7 Å². The van der Waals surface area contributed by atoms with Crippen molar-refractivity contribution < 1.29 is 15.7 Å². The summed E-state index contributed by atoms with van der Waals surface area (Å²) >= 11 is -2.02.